The second kappa shape index (κ2) is 8.78. The Balaban J connectivity index is 1.66. The number of hydrogen-bond acceptors (Lipinski definition) is 5. The van der Waals surface area contributed by atoms with Gasteiger partial charge in [0.2, 0.25) is 0 Å². The van der Waals surface area contributed by atoms with Crippen LogP contribution in [0.3, 0.4) is 0 Å². The van der Waals surface area contributed by atoms with Crippen molar-refractivity contribution in [2.45, 2.75) is 27.2 Å². The van der Waals surface area contributed by atoms with Crippen LogP contribution in [0.2, 0.25) is 0 Å². The molecular formula is C26H25N7. The van der Waals surface area contributed by atoms with E-state index in [0.717, 1.165) is 69.2 Å². The highest BCUT2D eigenvalue weighted by Crippen LogP contribution is 2.25. The first-order valence-electron chi connectivity index (χ1n) is 11.0. The largest absolute Gasteiger partial charge is 0.335 e. The van der Waals surface area contributed by atoms with Crippen LogP contribution < -0.4 is 0 Å². The summed E-state index contributed by atoms with van der Waals surface area (Å²) in [6, 6.07) is 10.4. The zero-order valence-corrected chi connectivity index (χ0v) is 18.9. The van der Waals surface area contributed by atoms with Crippen LogP contribution in [-0.2, 0) is 0 Å². The number of nitrogens with one attached hydrogen (secondary N) is 1. The number of fused-ring (bicyclic) bond motifs is 1. The van der Waals surface area contributed by atoms with Crippen LogP contribution in [0.1, 0.15) is 36.0 Å². The fourth-order valence-electron chi connectivity index (χ4n) is 3.87. The van der Waals surface area contributed by atoms with E-state index in [-0.39, 0.29) is 0 Å². The summed E-state index contributed by atoms with van der Waals surface area (Å²) in [4.78, 5) is 26.4. The van der Waals surface area contributed by atoms with Crippen molar-refractivity contribution in [2.24, 2.45) is 4.99 Å². The lowest BCUT2D eigenvalue weighted by Gasteiger charge is -2.11. The van der Waals surface area contributed by atoms with Crippen LogP contribution in [0, 0.1) is 13.8 Å². The van der Waals surface area contributed by atoms with Gasteiger partial charge in [0, 0.05) is 36.3 Å². The summed E-state index contributed by atoms with van der Waals surface area (Å²) < 4.78 is 1.95. The summed E-state index contributed by atoms with van der Waals surface area (Å²) in [5.74, 6) is 0.732. The van der Waals surface area contributed by atoms with Gasteiger partial charge >= 0.3 is 0 Å². The normalized spacial score (nSPS) is 11.9. The van der Waals surface area contributed by atoms with Gasteiger partial charge in [-0.2, -0.15) is 0 Å². The number of aromatic nitrogens is 6. The molecule has 1 N–H and O–H groups in total. The molecule has 0 bridgehead atoms. The molecule has 164 valence electrons. The van der Waals surface area contributed by atoms with E-state index < -0.39 is 0 Å². The summed E-state index contributed by atoms with van der Waals surface area (Å²) in [7, 11) is 0. The van der Waals surface area contributed by atoms with Crippen LogP contribution in [0.5, 0.6) is 0 Å². The van der Waals surface area contributed by atoms with Crippen molar-refractivity contribution in [3.63, 3.8) is 0 Å². The molecule has 0 saturated carbocycles. The third kappa shape index (κ3) is 4.05. The van der Waals surface area contributed by atoms with Gasteiger partial charge in [-0.25, -0.2) is 9.97 Å². The van der Waals surface area contributed by atoms with Gasteiger partial charge in [-0.1, -0.05) is 25.1 Å². The van der Waals surface area contributed by atoms with Crippen molar-refractivity contribution >= 4 is 16.7 Å². The number of pyridine rings is 2. The number of H-pyrrole nitrogens is 1. The lowest BCUT2D eigenvalue weighted by molar-refractivity contribution is 0.930. The Labute approximate surface area is 192 Å². The van der Waals surface area contributed by atoms with Crippen molar-refractivity contribution in [1.82, 2.24) is 29.5 Å². The smallest absolute Gasteiger partial charge is 0.157 e. The summed E-state index contributed by atoms with van der Waals surface area (Å²) in [6.45, 7) is 6.91. The van der Waals surface area contributed by atoms with E-state index in [1.165, 1.54) is 0 Å². The van der Waals surface area contributed by atoms with E-state index in [1.54, 1.807) is 18.7 Å². The number of benzene rings is 1. The zero-order valence-electron chi connectivity index (χ0n) is 18.9. The number of imidazole rings is 2. The van der Waals surface area contributed by atoms with Gasteiger partial charge in [-0.05, 0) is 43.5 Å². The molecule has 33 heavy (non-hydrogen) atoms. The number of aromatic amines is 1. The van der Waals surface area contributed by atoms with Crippen LogP contribution in [0.4, 0.5) is 0 Å². The lowest BCUT2D eigenvalue weighted by Crippen LogP contribution is -2.09. The average molecular weight is 436 g/mol. The molecule has 7 nitrogen and oxygen atoms in total. The first-order valence-corrected chi connectivity index (χ1v) is 11.0. The zero-order chi connectivity index (χ0) is 22.8. The Morgan fingerprint density at radius 1 is 1.06 bits per heavy atom. The molecular weight excluding hydrogens is 410 g/mol. The summed E-state index contributed by atoms with van der Waals surface area (Å²) in [5, 5.41) is 0. The van der Waals surface area contributed by atoms with Crippen LogP contribution in [0.25, 0.3) is 27.8 Å². The summed E-state index contributed by atoms with van der Waals surface area (Å²) in [6.07, 6.45) is 12.0. The fourth-order valence-corrected chi connectivity index (χ4v) is 3.87. The molecule has 0 saturated heterocycles. The van der Waals surface area contributed by atoms with E-state index in [4.69, 9.17) is 9.98 Å². The van der Waals surface area contributed by atoms with Gasteiger partial charge in [0.1, 0.15) is 11.2 Å². The van der Waals surface area contributed by atoms with E-state index in [2.05, 4.69) is 58.0 Å². The van der Waals surface area contributed by atoms with E-state index in [9.17, 15) is 0 Å². The number of rotatable bonds is 6. The molecule has 4 heterocycles. The number of nitrogens with zero attached hydrogens (tertiary/aromatic N) is 6. The Morgan fingerprint density at radius 2 is 1.97 bits per heavy atom. The molecule has 0 aliphatic rings. The predicted molar refractivity (Wildman–Crippen MR) is 131 cm³/mol. The Bertz CT molecular complexity index is 1440. The Morgan fingerprint density at radius 3 is 2.73 bits per heavy atom. The monoisotopic (exact) mass is 435 g/mol. The van der Waals surface area contributed by atoms with Gasteiger partial charge in [0.05, 0.1) is 35.6 Å². The van der Waals surface area contributed by atoms with E-state index in [1.807, 2.05) is 36.1 Å². The maximum atomic E-state index is 4.98. The highest BCUT2D eigenvalue weighted by atomic mass is 15.1. The van der Waals surface area contributed by atoms with Crippen molar-refractivity contribution in [2.75, 3.05) is 6.54 Å². The molecule has 7 heteroatoms. The van der Waals surface area contributed by atoms with Crippen molar-refractivity contribution in [1.29, 1.82) is 0 Å². The minimum Gasteiger partial charge on any atom is -0.335 e. The van der Waals surface area contributed by atoms with Crippen LogP contribution >= 0.6 is 0 Å². The van der Waals surface area contributed by atoms with Crippen LogP contribution in [0.15, 0.2) is 72.6 Å². The van der Waals surface area contributed by atoms with Crippen molar-refractivity contribution in [3.05, 3.63) is 90.3 Å². The third-order valence-corrected chi connectivity index (χ3v) is 5.57. The molecule has 0 aliphatic heterocycles. The highest BCUT2D eigenvalue weighted by molar-refractivity contribution is 6.13. The highest BCUT2D eigenvalue weighted by Gasteiger charge is 2.17. The van der Waals surface area contributed by atoms with Gasteiger partial charge in [0.25, 0.3) is 0 Å². The average Bonchev–Trinajstić information content (AvgIpc) is 3.47. The van der Waals surface area contributed by atoms with Gasteiger partial charge < -0.3 is 9.55 Å². The summed E-state index contributed by atoms with van der Waals surface area (Å²) >= 11 is 0. The molecule has 0 fully saturated rings. The SMILES string of the molecule is CCC/N=C(/c1nc2c(-n3cnc(C)c3)cncc2[nH]1)c1cc(-c2cccnc2)ccc1C. The van der Waals surface area contributed by atoms with Crippen molar-refractivity contribution in [3.8, 4) is 16.8 Å². The molecule has 5 aromatic rings. The third-order valence-electron chi connectivity index (χ3n) is 5.57. The molecule has 0 atom stereocenters. The number of aryl methyl sites for hydroxylation is 2. The first-order chi connectivity index (χ1) is 16.1. The molecule has 1 aromatic carbocycles. The number of hydrogen-bond donors (Lipinski definition) is 1. The number of aliphatic imine (C=N–C) groups is 1. The maximum Gasteiger partial charge on any atom is 0.157 e. The predicted octanol–water partition coefficient (Wildman–Crippen LogP) is 5.07. The minimum atomic E-state index is 0.717. The molecule has 0 amide bonds. The molecule has 0 spiro atoms. The molecule has 0 radical (unpaired) electrons. The minimum absolute atomic E-state index is 0.717. The second-order valence-electron chi connectivity index (χ2n) is 8.06. The van der Waals surface area contributed by atoms with E-state index >= 15 is 0 Å². The molecule has 4 aromatic heterocycles. The molecule has 5 rings (SSSR count). The topological polar surface area (TPSA) is 84.6 Å². The van der Waals surface area contributed by atoms with Crippen LogP contribution in [-0.4, -0.2) is 41.7 Å². The first kappa shape index (κ1) is 20.8. The lowest BCUT2D eigenvalue weighted by atomic mass is 9.97. The van der Waals surface area contributed by atoms with E-state index in [0.29, 0.717) is 0 Å². The quantitative estimate of drug-likeness (QED) is 0.377. The standard InChI is InChI=1S/C26H25N7/c1-4-9-29-24(21-11-19(8-7-17(21)2)20-6-5-10-27-12-20)26-31-22-13-28-14-23(25(22)32-26)33-15-18(3)30-16-33/h5-8,10-16H,4,9H2,1-3H3,(H,31,32)/b29-24+. The molecule has 0 aliphatic carbocycles. The van der Waals surface area contributed by atoms with Gasteiger partial charge in [0.15, 0.2) is 5.82 Å². The summed E-state index contributed by atoms with van der Waals surface area (Å²) in [5.41, 5.74) is 8.73. The van der Waals surface area contributed by atoms with Crippen molar-refractivity contribution < 1.29 is 0 Å². The van der Waals surface area contributed by atoms with Gasteiger partial charge in [-0.3, -0.25) is 15.0 Å². The second-order valence-corrected chi connectivity index (χ2v) is 8.06. The fraction of sp³-hybridized carbons (Fsp3) is 0.192. The molecule has 0 unspecified atom stereocenters. The van der Waals surface area contributed by atoms with Gasteiger partial charge in [-0.15, -0.1) is 0 Å². The maximum absolute atomic E-state index is 4.98. The Hall–Kier alpha value is -4.13. The Kier molecular flexibility index (Phi) is 5.52.